The average Bonchev–Trinajstić information content (AvgIpc) is 2.77. The molecule has 0 aliphatic carbocycles. The Balaban J connectivity index is 2.02. The number of benzene rings is 3. The molecular weight excluding hydrogens is 374 g/mol. The number of para-hydroxylation sites is 1. The van der Waals surface area contributed by atoms with Gasteiger partial charge in [-0.05, 0) is 50.1 Å². The van der Waals surface area contributed by atoms with E-state index in [1.165, 1.54) is 0 Å². The lowest BCUT2D eigenvalue weighted by Gasteiger charge is -2.28. The van der Waals surface area contributed by atoms with Gasteiger partial charge in [-0.15, -0.1) is 0 Å². The molecule has 152 valence electrons. The van der Waals surface area contributed by atoms with Gasteiger partial charge in [0.2, 0.25) is 0 Å². The Morgan fingerprint density at radius 2 is 1.73 bits per heavy atom. The molecule has 0 bridgehead atoms. The first-order valence-corrected chi connectivity index (χ1v) is 10.2. The van der Waals surface area contributed by atoms with Gasteiger partial charge < -0.3 is 14.8 Å². The van der Waals surface area contributed by atoms with Crippen LogP contribution in [0, 0.1) is 6.92 Å². The van der Waals surface area contributed by atoms with Crippen molar-refractivity contribution in [3.8, 4) is 16.9 Å². The minimum atomic E-state index is -0.334. The van der Waals surface area contributed by atoms with Crippen LogP contribution < -0.4 is 10.1 Å². The van der Waals surface area contributed by atoms with Crippen molar-refractivity contribution in [3.05, 3.63) is 83.4 Å². The van der Waals surface area contributed by atoms with E-state index >= 15 is 0 Å². The Hall–Kier alpha value is -3.53. The van der Waals surface area contributed by atoms with Crippen LogP contribution >= 0.6 is 0 Å². The van der Waals surface area contributed by atoms with Gasteiger partial charge in [0, 0.05) is 16.8 Å². The molecule has 1 heterocycles. The third-order valence-electron chi connectivity index (χ3n) is 5.16. The molecule has 1 unspecified atom stereocenters. The third kappa shape index (κ3) is 3.69. The van der Waals surface area contributed by atoms with Crippen molar-refractivity contribution >= 4 is 23.4 Å². The number of hydrogen-bond acceptors (Lipinski definition) is 4. The van der Waals surface area contributed by atoms with Crippen molar-refractivity contribution in [1.82, 2.24) is 0 Å². The lowest BCUT2D eigenvalue weighted by Crippen LogP contribution is -2.18. The molecule has 4 heteroatoms. The average molecular weight is 399 g/mol. The largest absolute Gasteiger partial charge is 0.484 e. The molecule has 1 atom stereocenters. The summed E-state index contributed by atoms with van der Waals surface area (Å²) in [7, 11) is 0. The fourth-order valence-corrected chi connectivity index (χ4v) is 3.78. The summed E-state index contributed by atoms with van der Waals surface area (Å²) in [5.41, 5.74) is 5.75. The van der Waals surface area contributed by atoms with Crippen molar-refractivity contribution < 1.29 is 14.3 Å². The van der Waals surface area contributed by atoms with Gasteiger partial charge >= 0.3 is 5.97 Å². The van der Waals surface area contributed by atoms with Crippen LogP contribution in [0.3, 0.4) is 0 Å². The zero-order valence-corrected chi connectivity index (χ0v) is 17.4. The second-order valence-corrected chi connectivity index (χ2v) is 7.25. The molecule has 0 fully saturated rings. The van der Waals surface area contributed by atoms with Gasteiger partial charge in [-0.3, -0.25) is 0 Å². The summed E-state index contributed by atoms with van der Waals surface area (Å²) in [6.45, 7) is 6.08. The molecule has 3 aromatic rings. The third-order valence-corrected chi connectivity index (χ3v) is 5.16. The first-order chi connectivity index (χ1) is 14.6. The van der Waals surface area contributed by atoms with Gasteiger partial charge in [0.25, 0.3) is 0 Å². The van der Waals surface area contributed by atoms with E-state index < -0.39 is 0 Å². The minimum Gasteiger partial charge on any atom is -0.484 e. The highest BCUT2D eigenvalue weighted by atomic mass is 16.5. The smallest absolute Gasteiger partial charge is 0.339 e. The number of carbonyl (C=O) groups is 1. The Morgan fingerprint density at radius 1 is 1.07 bits per heavy atom. The molecule has 0 spiro atoms. The van der Waals surface area contributed by atoms with Gasteiger partial charge in [-0.1, -0.05) is 54.6 Å². The second-order valence-electron chi connectivity index (χ2n) is 7.25. The molecule has 30 heavy (non-hydrogen) atoms. The van der Waals surface area contributed by atoms with E-state index in [9.17, 15) is 4.79 Å². The predicted octanol–water partition coefficient (Wildman–Crippen LogP) is 6.38. The number of carbonyl (C=O) groups excluding carboxylic acids is 1. The summed E-state index contributed by atoms with van der Waals surface area (Å²) in [5.74, 6) is 0.415. The number of hydrogen-bond donors (Lipinski definition) is 1. The highest BCUT2D eigenvalue weighted by Gasteiger charge is 2.29. The molecule has 1 N–H and O–H groups in total. The topological polar surface area (TPSA) is 47.6 Å². The van der Waals surface area contributed by atoms with Crippen LogP contribution in [0.2, 0.25) is 0 Å². The molecule has 1 aliphatic rings. The molecule has 4 rings (SSSR count). The van der Waals surface area contributed by atoms with Crippen molar-refractivity contribution in [3.63, 3.8) is 0 Å². The number of fused-ring (bicyclic) bond motifs is 1. The number of rotatable bonds is 5. The molecule has 1 aliphatic heterocycles. The van der Waals surface area contributed by atoms with Crippen LogP contribution in [0.15, 0.2) is 66.7 Å². The van der Waals surface area contributed by atoms with E-state index in [0.717, 1.165) is 39.4 Å². The van der Waals surface area contributed by atoms with Gasteiger partial charge in [0.05, 0.1) is 17.9 Å². The van der Waals surface area contributed by atoms with Crippen LogP contribution in [0.25, 0.3) is 17.2 Å². The minimum absolute atomic E-state index is 0.0645. The lowest BCUT2D eigenvalue weighted by atomic mass is 9.87. The van der Waals surface area contributed by atoms with Crippen molar-refractivity contribution in [1.29, 1.82) is 0 Å². The SMILES string of the molecule is CCOC(=O)c1c(C)c(Nc2ccccc2)c2c(c1-c1ccccc1)C=CC(C)O2. The van der Waals surface area contributed by atoms with Crippen molar-refractivity contribution in [2.45, 2.75) is 26.9 Å². The van der Waals surface area contributed by atoms with E-state index in [-0.39, 0.29) is 12.1 Å². The maximum Gasteiger partial charge on any atom is 0.339 e. The standard InChI is InChI=1S/C26H25NO3/c1-4-29-26(28)22-18(3)24(27-20-13-9-6-10-14-20)25-21(16-15-17(2)30-25)23(22)19-11-7-5-8-12-19/h5-17,27H,4H2,1-3H3. The maximum absolute atomic E-state index is 13.1. The summed E-state index contributed by atoms with van der Waals surface area (Å²) < 4.78 is 11.7. The molecule has 4 nitrogen and oxygen atoms in total. The highest BCUT2D eigenvalue weighted by molar-refractivity contribution is 6.05. The lowest BCUT2D eigenvalue weighted by molar-refractivity contribution is 0.0526. The molecule has 0 aromatic heterocycles. The normalized spacial score (nSPS) is 14.6. The van der Waals surface area contributed by atoms with Gasteiger partial charge in [-0.2, -0.15) is 0 Å². The van der Waals surface area contributed by atoms with Crippen LogP contribution in [-0.2, 0) is 4.74 Å². The molecular formula is C26H25NO3. The highest BCUT2D eigenvalue weighted by Crippen LogP contribution is 2.46. The van der Waals surface area contributed by atoms with Crippen LogP contribution in [-0.4, -0.2) is 18.7 Å². The quantitative estimate of drug-likeness (QED) is 0.506. The van der Waals surface area contributed by atoms with E-state index in [1.807, 2.05) is 93.6 Å². The second kappa shape index (κ2) is 8.46. The summed E-state index contributed by atoms with van der Waals surface area (Å²) in [4.78, 5) is 13.1. The Morgan fingerprint density at radius 3 is 2.40 bits per heavy atom. The van der Waals surface area contributed by atoms with Crippen LogP contribution in [0.4, 0.5) is 11.4 Å². The predicted molar refractivity (Wildman–Crippen MR) is 121 cm³/mol. The Labute approximate surface area is 177 Å². The first kappa shape index (κ1) is 19.8. The number of esters is 1. The molecule has 3 aromatic carbocycles. The Kier molecular flexibility index (Phi) is 5.57. The monoisotopic (exact) mass is 399 g/mol. The number of nitrogens with one attached hydrogen (secondary N) is 1. The summed E-state index contributed by atoms with van der Waals surface area (Å²) in [5, 5.41) is 3.47. The van der Waals surface area contributed by atoms with Gasteiger partial charge in [-0.25, -0.2) is 4.79 Å². The van der Waals surface area contributed by atoms with E-state index in [2.05, 4.69) is 5.32 Å². The van der Waals surface area contributed by atoms with Crippen molar-refractivity contribution in [2.24, 2.45) is 0 Å². The van der Waals surface area contributed by atoms with E-state index in [0.29, 0.717) is 12.2 Å². The molecule has 0 saturated carbocycles. The van der Waals surface area contributed by atoms with Crippen molar-refractivity contribution in [2.75, 3.05) is 11.9 Å². The zero-order chi connectivity index (χ0) is 21.1. The van der Waals surface area contributed by atoms with Gasteiger partial charge in [0.15, 0.2) is 5.75 Å². The molecule has 0 saturated heterocycles. The summed E-state index contributed by atoms with van der Waals surface area (Å²) in [6.07, 6.45) is 3.99. The van der Waals surface area contributed by atoms with Crippen LogP contribution in [0.5, 0.6) is 5.75 Å². The summed E-state index contributed by atoms with van der Waals surface area (Å²) in [6, 6.07) is 19.8. The van der Waals surface area contributed by atoms with E-state index in [1.54, 1.807) is 0 Å². The number of ether oxygens (including phenoxy) is 2. The fraction of sp³-hybridized carbons (Fsp3) is 0.192. The zero-order valence-electron chi connectivity index (χ0n) is 17.4. The fourth-order valence-electron chi connectivity index (χ4n) is 3.78. The maximum atomic E-state index is 13.1. The first-order valence-electron chi connectivity index (χ1n) is 10.2. The van der Waals surface area contributed by atoms with Gasteiger partial charge in [0.1, 0.15) is 6.10 Å². The molecule has 0 radical (unpaired) electrons. The Bertz CT molecular complexity index is 1090. The number of anilines is 2. The molecule has 0 amide bonds. The van der Waals surface area contributed by atoms with Crippen LogP contribution in [0.1, 0.15) is 35.3 Å². The van der Waals surface area contributed by atoms with E-state index in [4.69, 9.17) is 9.47 Å². The summed E-state index contributed by atoms with van der Waals surface area (Å²) >= 11 is 0.